The Labute approximate surface area is 141 Å². The van der Waals surface area contributed by atoms with Crippen LogP contribution in [0.3, 0.4) is 0 Å². The Hall–Kier alpha value is -2.74. The molecule has 126 valence electrons. The molecule has 24 heavy (non-hydrogen) atoms. The fourth-order valence-electron chi connectivity index (χ4n) is 2.42. The summed E-state index contributed by atoms with van der Waals surface area (Å²) in [6, 6.07) is 9.27. The molecular weight excluding hydrogens is 304 g/mol. The number of H-pyrrole nitrogens is 1. The number of aryl methyl sites for hydroxylation is 1. The van der Waals surface area contributed by atoms with Gasteiger partial charge < -0.3 is 14.5 Å². The molecular formula is C19H22N2O3. The van der Waals surface area contributed by atoms with Crippen molar-refractivity contribution >= 4 is 0 Å². The second-order valence-electron chi connectivity index (χ2n) is 5.48. The number of hydrogen-bond acceptors (Lipinski definition) is 4. The summed E-state index contributed by atoms with van der Waals surface area (Å²) in [5.74, 6) is 1.29. The molecule has 0 aliphatic rings. The van der Waals surface area contributed by atoms with Crippen molar-refractivity contribution in [1.29, 1.82) is 5.26 Å². The van der Waals surface area contributed by atoms with Crippen LogP contribution in [-0.2, 0) is 0 Å². The van der Waals surface area contributed by atoms with Crippen molar-refractivity contribution in [2.75, 3.05) is 13.2 Å². The molecule has 0 aliphatic carbocycles. The number of benzene rings is 1. The van der Waals surface area contributed by atoms with E-state index >= 15 is 0 Å². The summed E-state index contributed by atoms with van der Waals surface area (Å²) >= 11 is 0. The number of ether oxygens (including phenoxy) is 2. The summed E-state index contributed by atoms with van der Waals surface area (Å²) in [6.07, 6.45) is 2.03. The number of pyridine rings is 1. The van der Waals surface area contributed by atoms with Crippen LogP contribution in [0.1, 0.15) is 37.9 Å². The number of unbranched alkanes of at least 4 members (excludes halogenated alkanes) is 1. The SMILES string of the molecule is CCCCOc1ccc(-c2cc(C)[nH]c(=O)c2C#N)cc1OCC. The Bertz CT molecular complexity index is 803. The number of nitrogens with one attached hydrogen (secondary N) is 1. The van der Waals surface area contributed by atoms with E-state index < -0.39 is 0 Å². The monoisotopic (exact) mass is 326 g/mol. The quantitative estimate of drug-likeness (QED) is 0.785. The van der Waals surface area contributed by atoms with Crippen molar-refractivity contribution in [2.45, 2.75) is 33.6 Å². The Morgan fingerprint density at radius 1 is 1.17 bits per heavy atom. The first-order chi connectivity index (χ1) is 11.6. The molecule has 0 atom stereocenters. The Balaban J connectivity index is 2.47. The van der Waals surface area contributed by atoms with E-state index in [1.165, 1.54) is 0 Å². The number of nitriles is 1. The Morgan fingerprint density at radius 3 is 2.62 bits per heavy atom. The second kappa shape index (κ2) is 8.21. The predicted octanol–water partition coefficient (Wildman–Crippen LogP) is 3.80. The van der Waals surface area contributed by atoms with Gasteiger partial charge >= 0.3 is 0 Å². The lowest BCUT2D eigenvalue weighted by Gasteiger charge is -2.14. The van der Waals surface area contributed by atoms with E-state index in [2.05, 4.69) is 11.9 Å². The van der Waals surface area contributed by atoms with Crippen molar-refractivity contribution in [2.24, 2.45) is 0 Å². The standard InChI is InChI=1S/C19H22N2O3/c1-4-6-9-24-17-8-7-14(11-18(17)23-5-2)15-10-13(3)21-19(22)16(15)12-20/h7-8,10-11H,4-6,9H2,1-3H3,(H,21,22). The molecule has 0 aliphatic heterocycles. The highest BCUT2D eigenvalue weighted by molar-refractivity contribution is 5.72. The number of aromatic nitrogens is 1. The first kappa shape index (κ1) is 17.6. The van der Waals surface area contributed by atoms with Crippen LogP contribution in [-0.4, -0.2) is 18.2 Å². The maximum absolute atomic E-state index is 12.0. The zero-order valence-electron chi connectivity index (χ0n) is 14.3. The molecule has 0 bridgehead atoms. The number of aromatic amines is 1. The van der Waals surface area contributed by atoms with E-state index in [-0.39, 0.29) is 11.1 Å². The van der Waals surface area contributed by atoms with E-state index in [0.717, 1.165) is 18.4 Å². The van der Waals surface area contributed by atoms with Crippen LogP contribution in [0, 0.1) is 18.3 Å². The highest BCUT2D eigenvalue weighted by Crippen LogP contribution is 2.33. The summed E-state index contributed by atoms with van der Waals surface area (Å²) in [5, 5.41) is 9.30. The topological polar surface area (TPSA) is 75.1 Å². The van der Waals surface area contributed by atoms with Gasteiger partial charge in [0.15, 0.2) is 11.5 Å². The number of rotatable bonds is 7. The van der Waals surface area contributed by atoms with E-state index in [4.69, 9.17) is 9.47 Å². The zero-order valence-corrected chi connectivity index (χ0v) is 14.3. The molecule has 5 heteroatoms. The average molecular weight is 326 g/mol. The van der Waals surface area contributed by atoms with Crippen molar-refractivity contribution in [3.8, 4) is 28.7 Å². The van der Waals surface area contributed by atoms with Crippen LogP contribution in [0.4, 0.5) is 0 Å². The third-order valence-corrected chi connectivity index (χ3v) is 3.59. The molecule has 1 heterocycles. The molecule has 0 amide bonds. The lowest BCUT2D eigenvalue weighted by Crippen LogP contribution is -2.12. The smallest absolute Gasteiger partial charge is 0.266 e. The predicted molar refractivity (Wildman–Crippen MR) is 93.5 cm³/mol. The van der Waals surface area contributed by atoms with E-state index in [1.807, 2.05) is 31.2 Å². The van der Waals surface area contributed by atoms with Gasteiger partial charge in [-0.2, -0.15) is 5.26 Å². The Kier molecular flexibility index (Phi) is 6.02. The van der Waals surface area contributed by atoms with Crippen LogP contribution in [0.2, 0.25) is 0 Å². The first-order valence-electron chi connectivity index (χ1n) is 8.14. The van der Waals surface area contributed by atoms with Crippen LogP contribution in [0.25, 0.3) is 11.1 Å². The van der Waals surface area contributed by atoms with Gasteiger partial charge in [-0.3, -0.25) is 4.79 Å². The average Bonchev–Trinajstić information content (AvgIpc) is 2.56. The minimum absolute atomic E-state index is 0.0997. The maximum atomic E-state index is 12.0. The molecule has 0 fully saturated rings. The molecule has 2 aromatic rings. The third kappa shape index (κ3) is 3.96. The highest BCUT2D eigenvalue weighted by Gasteiger charge is 2.13. The number of hydrogen-bond donors (Lipinski definition) is 1. The molecule has 0 spiro atoms. The minimum atomic E-state index is -0.381. The van der Waals surface area contributed by atoms with Crippen LogP contribution >= 0.6 is 0 Å². The third-order valence-electron chi connectivity index (χ3n) is 3.59. The van der Waals surface area contributed by atoms with Crippen molar-refractivity contribution in [3.05, 3.63) is 45.9 Å². The number of nitrogens with zero attached hydrogens (tertiary/aromatic N) is 1. The van der Waals surface area contributed by atoms with Crippen LogP contribution in [0.15, 0.2) is 29.1 Å². The summed E-state index contributed by atoms with van der Waals surface area (Å²) in [4.78, 5) is 14.6. The molecule has 5 nitrogen and oxygen atoms in total. The second-order valence-corrected chi connectivity index (χ2v) is 5.48. The first-order valence-corrected chi connectivity index (χ1v) is 8.14. The van der Waals surface area contributed by atoms with Gasteiger partial charge in [0.05, 0.1) is 13.2 Å². The molecule has 0 saturated heterocycles. The molecule has 0 saturated carbocycles. The molecule has 2 rings (SSSR count). The van der Waals surface area contributed by atoms with Crippen molar-refractivity contribution in [3.63, 3.8) is 0 Å². The van der Waals surface area contributed by atoms with Crippen LogP contribution < -0.4 is 15.0 Å². The lowest BCUT2D eigenvalue weighted by molar-refractivity contribution is 0.273. The normalized spacial score (nSPS) is 10.2. The minimum Gasteiger partial charge on any atom is -0.490 e. The van der Waals surface area contributed by atoms with Gasteiger partial charge in [0.1, 0.15) is 11.6 Å². The molecule has 1 N–H and O–H groups in total. The van der Waals surface area contributed by atoms with E-state index in [1.54, 1.807) is 13.0 Å². The van der Waals surface area contributed by atoms with Crippen molar-refractivity contribution in [1.82, 2.24) is 4.98 Å². The van der Waals surface area contributed by atoms with Gasteiger partial charge in [-0.25, -0.2) is 0 Å². The highest BCUT2D eigenvalue weighted by atomic mass is 16.5. The zero-order chi connectivity index (χ0) is 17.5. The molecule has 0 unspecified atom stereocenters. The lowest BCUT2D eigenvalue weighted by atomic mass is 10.0. The maximum Gasteiger partial charge on any atom is 0.266 e. The van der Waals surface area contributed by atoms with Gasteiger partial charge in [0.25, 0.3) is 5.56 Å². The van der Waals surface area contributed by atoms with Gasteiger partial charge in [-0.1, -0.05) is 19.4 Å². The van der Waals surface area contributed by atoms with E-state index in [9.17, 15) is 10.1 Å². The largest absolute Gasteiger partial charge is 0.490 e. The fraction of sp³-hybridized carbons (Fsp3) is 0.368. The van der Waals surface area contributed by atoms with Gasteiger partial charge in [0.2, 0.25) is 0 Å². The summed E-state index contributed by atoms with van der Waals surface area (Å²) in [5.41, 5.74) is 1.78. The molecule has 0 radical (unpaired) electrons. The van der Waals surface area contributed by atoms with Gasteiger partial charge in [-0.15, -0.1) is 0 Å². The van der Waals surface area contributed by atoms with Gasteiger partial charge in [0, 0.05) is 11.3 Å². The summed E-state index contributed by atoms with van der Waals surface area (Å²) in [6.45, 7) is 6.93. The molecule has 1 aromatic carbocycles. The van der Waals surface area contributed by atoms with Crippen molar-refractivity contribution < 1.29 is 9.47 Å². The van der Waals surface area contributed by atoms with Crippen LogP contribution in [0.5, 0.6) is 11.5 Å². The fourth-order valence-corrected chi connectivity index (χ4v) is 2.42. The van der Waals surface area contributed by atoms with Gasteiger partial charge in [-0.05, 0) is 44.0 Å². The van der Waals surface area contributed by atoms with E-state index in [0.29, 0.717) is 36.0 Å². The Morgan fingerprint density at radius 2 is 1.96 bits per heavy atom. The summed E-state index contributed by atoms with van der Waals surface area (Å²) < 4.78 is 11.4. The summed E-state index contributed by atoms with van der Waals surface area (Å²) in [7, 11) is 0. The molecule has 1 aromatic heterocycles.